The summed E-state index contributed by atoms with van der Waals surface area (Å²) in [7, 11) is 0. The zero-order valence-electron chi connectivity index (χ0n) is 18.1. The van der Waals surface area contributed by atoms with E-state index in [1.54, 1.807) is 23.1 Å². The number of likely N-dealkylation sites (tertiary alicyclic amines) is 2. The number of carbonyl (C=O) groups is 2. The number of carbonyl (C=O) groups excluding carboxylic acids is 2. The molecule has 1 N–H and O–H groups in total. The molecule has 2 aliphatic heterocycles. The summed E-state index contributed by atoms with van der Waals surface area (Å²) in [6, 6.07) is 7.71. The number of benzene rings is 2. The molecule has 0 bridgehead atoms. The standard InChI is InChI=1S/C22H19F4N5O4/c23-17-6-16(35-22(24,25)26)3-1-13(17)11-34-21(33)31-9-14-7-30(8-15(14)10-31)20(32)12-2-4-18-19(5-12)28-29-27-18/h1-6,14-15H,7-11H2,(H,27,28,29)/t14-,15-/m0/s1. The zero-order valence-corrected chi connectivity index (χ0v) is 18.1. The highest BCUT2D eigenvalue weighted by molar-refractivity contribution is 5.97. The van der Waals surface area contributed by atoms with Crippen molar-refractivity contribution in [1.82, 2.24) is 25.2 Å². The van der Waals surface area contributed by atoms with Gasteiger partial charge in [-0.15, -0.1) is 13.2 Å². The number of hydrogen-bond donors (Lipinski definition) is 1. The molecule has 5 rings (SSSR count). The second-order valence-corrected chi connectivity index (χ2v) is 8.52. The summed E-state index contributed by atoms with van der Waals surface area (Å²) < 4.78 is 59.6. The Bertz CT molecular complexity index is 1270. The molecule has 2 fully saturated rings. The molecule has 2 saturated heterocycles. The second kappa shape index (κ2) is 8.71. The van der Waals surface area contributed by atoms with E-state index >= 15 is 0 Å². The minimum Gasteiger partial charge on any atom is -0.444 e. The Kier molecular flexibility index (Phi) is 5.69. The lowest BCUT2D eigenvalue weighted by molar-refractivity contribution is -0.274. The van der Waals surface area contributed by atoms with Crippen molar-refractivity contribution in [2.75, 3.05) is 26.2 Å². The first-order chi connectivity index (χ1) is 16.7. The maximum atomic E-state index is 14.1. The molecule has 0 unspecified atom stereocenters. The monoisotopic (exact) mass is 493 g/mol. The maximum Gasteiger partial charge on any atom is 0.573 e. The number of alkyl halides is 3. The molecule has 9 nitrogen and oxygen atoms in total. The number of ether oxygens (including phenoxy) is 2. The van der Waals surface area contributed by atoms with E-state index in [4.69, 9.17) is 4.74 Å². The van der Waals surface area contributed by atoms with Crippen LogP contribution in [0, 0.1) is 17.7 Å². The van der Waals surface area contributed by atoms with Crippen LogP contribution in [0.2, 0.25) is 0 Å². The molecule has 3 heterocycles. The van der Waals surface area contributed by atoms with Crippen molar-refractivity contribution >= 4 is 23.0 Å². The van der Waals surface area contributed by atoms with Gasteiger partial charge in [0, 0.05) is 55.2 Å². The van der Waals surface area contributed by atoms with E-state index in [-0.39, 0.29) is 23.3 Å². The van der Waals surface area contributed by atoms with Crippen molar-refractivity contribution in [1.29, 1.82) is 0 Å². The molecule has 1 aromatic heterocycles. The molecule has 0 spiro atoms. The van der Waals surface area contributed by atoms with Gasteiger partial charge in [-0.1, -0.05) is 0 Å². The molecule has 2 atom stereocenters. The van der Waals surface area contributed by atoms with E-state index in [1.807, 2.05) is 0 Å². The molecule has 2 aliphatic rings. The second-order valence-electron chi connectivity index (χ2n) is 8.52. The first kappa shape index (κ1) is 22.9. The third kappa shape index (κ3) is 4.84. The van der Waals surface area contributed by atoms with Gasteiger partial charge in [0.2, 0.25) is 0 Å². The van der Waals surface area contributed by atoms with Crippen LogP contribution in [0.1, 0.15) is 15.9 Å². The number of halogens is 4. The molecule has 0 saturated carbocycles. The third-order valence-corrected chi connectivity index (χ3v) is 6.20. The van der Waals surface area contributed by atoms with Gasteiger partial charge in [0.15, 0.2) is 0 Å². The Morgan fingerprint density at radius 2 is 1.66 bits per heavy atom. The smallest absolute Gasteiger partial charge is 0.444 e. The van der Waals surface area contributed by atoms with Crippen molar-refractivity contribution in [3.8, 4) is 5.75 Å². The molecule has 35 heavy (non-hydrogen) atoms. The van der Waals surface area contributed by atoms with Crippen molar-refractivity contribution < 1.29 is 36.6 Å². The predicted octanol–water partition coefficient (Wildman–Crippen LogP) is 3.34. The minimum absolute atomic E-state index is 0.0758. The Morgan fingerprint density at radius 1 is 0.971 bits per heavy atom. The number of nitrogens with one attached hydrogen (secondary N) is 1. The van der Waals surface area contributed by atoms with E-state index in [0.717, 1.165) is 12.1 Å². The van der Waals surface area contributed by atoms with E-state index in [2.05, 4.69) is 20.1 Å². The van der Waals surface area contributed by atoms with Gasteiger partial charge < -0.3 is 19.3 Å². The molecule has 3 aromatic rings. The van der Waals surface area contributed by atoms with Crippen molar-refractivity contribution in [3.63, 3.8) is 0 Å². The van der Waals surface area contributed by atoms with Crippen LogP contribution in [0.5, 0.6) is 5.75 Å². The molecule has 184 valence electrons. The lowest BCUT2D eigenvalue weighted by atomic mass is 10.0. The Hall–Kier alpha value is -3.90. The zero-order chi connectivity index (χ0) is 24.7. The van der Waals surface area contributed by atoms with Crippen LogP contribution < -0.4 is 4.74 Å². The van der Waals surface area contributed by atoms with Crippen LogP contribution in [0.4, 0.5) is 22.4 Å². The van der Waals surface area contributed by atoms with Crippen LogP contribution in [0.25, 0.3) is 11.0 Å². The average Bonchev–Trinajstić information content (AvgIpc) is 3.51. The van der Waals surface area contributed by atoms with Crippen LogP contribution in [-0.2, 0) is 11.3 Å². The third-order valence-electron chi connectivity index (χ3n) is 6.20. The van der Waals surface area contributed by atoms with Gasteiger partial charge in [-0.3, -0.25) is 4.79 Å². The first-order valence-electron chi connectivity index (χ1n) is 10.7. The summed E-state index contributed by atoms with van der Waals surface area (Å²) in [5.41, 5.74) is 1.70. The number of fused-ring (bicyclic) bond motifs is 2. The van der Waals surface area contributed by atoms with Crippen molar-refractivity contribution in [2.24, 2.45) is 11.8 Å². The van der Waals surface area contributed by atoms with Gasteiger partial charge in [-0.25, -0.2) is 9.18 Å². The van der Waals surface area contributed by atoms with Crippen molar-refractivity contribution in [2.45, 2.75) is 13.0 Å². The van der Waals surface area contributed by atoms with Gasteiger partial charge in [0.05, 0.1) is 0 Å². The highest BCUT2D eigenvalue weighted by atomic mass is 19.4. The van der Waals surface area contributed by atoms with Crippen LogP contribution in [0.3, 0.4) is 0 Å². The SMILES string of the molecule is O=C(OCc1ccc(OC(F)(F)F)cc1F)N1C[C@@H]2CN(C(=O)c3ccc4n[nH]nc4c3)C[C@H]2C1. The highest BCUT2D eigenvalue weighted by Crippen LogP contribution is 2.33. The number of aromatic nitrogens is 3. The fraction of sp³-hybridized carbons (Fsp3) is 0.364. The number of aromatic amines is 1. The van der Waals surface area contributed by atoms with E-state index in [0.29, 0.717) is 48.8 Å². The number of nitrogens with zero attached hydrogens (tertiary/aromatic N) is 4. The van der Waals surface area contributed by atoms with Crippen LogP contribution >= 0.6 is 0 Å². The Labute approximate surface area is 195 Å². The summed E-state index contributed by atoms with van der Waals surface area (Å²) in [5, 5.41) is 10.5. The summed E-state index contributed by atoms with van der Waals surface area (Å²) in [6.45, 7) is 1.31. The molecule has 2 aromatic carbocycles. The first-order valence-corrected chi connectivity index (χ1v) is 10.7. The summed E-state index contributed by atoms with van der Waals surface area (Å²) in [5.74, 6) is -1.63. The van der Waals surface area contributed by atoms with Crippen LogP contribution in [0.15, 0.2) is 36.4 Å². The Morgan fingerprint density at radius 3 is 2.34 bits per heavy atom. The predicted molar refractivity (Wildman–Crippen MR) is 112 cm³/mol. The van der Waals surface area contributed by atoms with Gasteiger partial charge >= 0.3 is 12.5 Å². The summed E-state index contributed by atoms with van der Waals surface area (Å²) in [6.07, 6.45) is -5.58. The molecular formula is C22H19F4N5O4. The molecule has 2 amide bonds. The topological polar surface area (TPSA) is 101 Å². The molecule has 13 heteroatoms. The lowest BCUT2D eigenvalue weighted by Gasteiger charge is -2.21. The van der Waals surface area contributed by atoms with Gasteiger partial charge in [0.1, 0.15) is 29.2 Å². The van der Waals surface area contributed by atoms with E-state index < -0.39 is 30.6 Å². The van der Waals surface area contributed by atoms with Crippen LogP contribution in [-0.4, -0.2) is 69.8 Å². The number of rotatable bonds is 4. The molecular weight excluding hydrogens is 474 g/mol. The largest absolute Gasteiger partial charge is 0.573 e. The Balaban J connectivity index is 1.13. The summed E-state index contributed by atoms with van der Waals surface area (Å²) >= 11 is 0. The summed E-state index contributed by atoms with van der Waals surface area (Å²) in [4.78, 5) is 28.6. The van der Waals surface area contributed by atoms with Gasteiger partial charge in [-0.05, 0) is 30.3 Å². The van der Waals surface area contributed by atoms with E-state index in [9.17, 15) is 27.2 Å². The molecule has 0 radical (unpaired) electrons. The van der Waals surface area contributed by atoms with E-state index in [1.165, 1.54) is 4.90 Å². The van der Waals surface area contributed by atoms with Gasteiger partial charge in [-0.2, -0.15) is 15.4 Å². The molecule has 0 aliphatic carbocycles. The maximum absolute atomic E-state index is 14.1. The quantitative estimate of drug-likeness (QED) is 0.560. The minimum atomic E-state index is -4.93. The fourth-order valence-electron chi connectivity index (χ4n) is 4.54. The number of H-pyrrole nitrogens is 1. The lowest BCUT2D eigenvalue weighted by Crippen LogP contribution is -2.35. The number of hydrogen-bond acceptors (Lipinski definition) is 6. The average molecular weight is 493 g/mol. The van der Waals surface area contributed by atoms with Crippen molar-refractivity contribution in [3.05, 3.63) is 53.3 Å². The van der Waals surface area contributed by atoms with Gasteiger partial charge in [0.25, 0.3) is 5.91 Å². The normalized spacial score (nSPS) is 19.8. The highest BCUT2D eigenvalue weighted by Gasteiger charge is 2.43. The number of amides is 2. The fourth-order valence-corrected chi connectivity index (χ4v) is 4.54.